The second-order valence-corrected chi connectivity index (χ2v) is 4.04. The first-order valence-corrected chi connectivity index (χ1v) is 5.36. The number of anilines is 1. The van der Waals surface area contributed by atoms with E-state index < -0.39 is 0 Å². The molecule has 0 amide bonds. The van der Waals surface area contributed by atoms with Crippen LogP contribution in [0.15, 0.2) is 41.2 Å². The molecule has 1 aromatic carbocycles. The van der Waals surface area contributed by atoms with Crippen molar-refractivity contribution in [3.63, 3.8) is 0 Å². The Kier molecular flexibility index (Phi) is 2.10. The van der Waals surface area contributed by atoms with Gasteiger partial charge in [0.15, 0.2) is 0 Å². The van der Waals surface area contributed by atoms with Crippen molar-refractivity contribution in [3.8, 4) is 5.75 Å². The van der Waals surface area contributed by atoms with E-state index in [0.717, 1.165) is 23.5 Å². The van der Waals surface area contributed by atoms with Gasteiger partial charge in [-0.3, -0.25) is 0 Å². The average Bonchev–Trinajstić information content (AvgIpc) is 2.82. The van der Waals surface area contributed by atoms with Crippen molar-refractivity contribution in [2.75, 3.05) is 11.9 Å². The van der Waals surface area contributed by atoms with Crippen LogP contribution in [-0.4, -0.2) is 6.54 Å². The molecule has 0 saturated heterocycles. The molecule has 1 unspecified atom stereocenters. The smallest absolute Gasteiger partial charge is 0.144 e. The van der Waals surface area contributed by atoms with Gasteiger partial charge in [0, 0.05) is 5.56 Å². The Morgan fingerprint density at radius 1 is 1.31 bits per heavy atom. The largest absolute Gasteiger partial charge is 0.482 e. The second-order valence-electron chi connectivity index (χ2n) is 4.04. The van der Waals surface area contributed by atoms with Crippen LogP contribution in [0, 0.1) is 6.92 Å². The predicted molar refractivity (Wildman–Crippen MR) is 61.7 cm³/mol. The number of rotatable bonds is 1. The van der Waals surface area contributed by atoms with Gasteiger partial charge in [0.2, 0.25) is 0 Å². The lowest BCUT2D eigenvalue weighted by molar-refractivity contribution is 0.209. The van der Waals surface area contributed by atoms with Crippen LogP contribution in [0.3, 0.4) is 0 Å². The van der Waals surface area contributed by atoms with E-state index in [1.807, 2.05) is 12.1 Å². The van der Waals surface area contributed by atoms with Gasteiger partial charge in [0.05, 0.1) is 24.8 Å². The number of fused-ring (bicyclic) bond motifs is 1. The molecule has 1 aliphatic heterocycles. The molecule has 2 aromatic rings. The van der Waals surface area contributed by atoms with Crippen molar-refractivity contribution in [1.29, 1.82) is 0 Å². The Bertz CT molecular complexity index is 491. The highest BCUT2D eigenvalue weighted by Crippen LogP contribution is 2.34. The van der Waals surface area contributed by atoms with Crippen molar-refractivity contribution in [2.24, 2.45) is 0 Å². The molecule has 0 fully saturated rings. The molecule has 82 valence electrons. The fourth-order valence-corrected chi connectivity index (χ4v) is 1.93. The van der Waals surface area contributed by atoms with E-state index in [0.29, 0.717) is 0 Å². The minimum absolute atomic E-state index is 0.0361. The molecular formula is C13H13NO2. The number of furan rings is 1. The van der Waals surface area contributed by atoms with Gasteiger partial charge in [-0.1, -0.05) is 6.07 Å². The van der Waals surface area contributed by atoms with Crippen LogP contribution in [0.25, 0.3) is 0 Å². The zero-order chi connectivity index (χ0) is 11.0. The molecule has 0 bridgehead atoms. The van der Waals surface area contributed by atoms with E-state index in [-0.39, 0.29) is 6.10 Å². The number of ether oxygens (including phenoxy) is 1. The molecule has 1 aliphatic rings. The van der Waals surface area contributed by atoms with E-state index in [2.05, 4.69) is 24.4 Å². The molecule has 3 nitrogen and oxygen atoms in total. The van der Waals surface area contributed by atoms with E-state index in [9.17, 15) is 0 Å². The quantitative estimate of drug-likeness (QED) is 0.793. The van der Waals surface area contributed by atoms with Crippen LogP contribution in [0.4, 0.5) is 5.69 Å². The number of aryl methyl sites for hydroxylation is 1. The summed E-state index contributed by atoms with van der Waals surface area (Å²) in [5, 5.41) is 3.38. The number of nitrogens with one attached hydrogen (secondary N) is 1. The lowest BCUT2D eigenvalue weighted by Gasteiger charge is -2.26. The Labute approximate surface area is 94.0 Å². The lowest BCUT2D eigenvalue weighted by Crippen LogP contribution is -2.23. The number of hydrogen-bond donors (Lipinski definition) is 1. The first-order chi connectivity index (χ1) is 7.83. The van der Waals surface area contributed by atoms with Crippen molar-refractivity contribution in [3.05, 3.63) is 47.9 Å². The van der Waals surface area contributed by atoms with Gasteiger partial charge in [0.1, 0.15) is 11.9 Å². The van der Waals surface area contributed by atoms with Crippen LogP contribution in [0.1, 0.15) is 17.2 Å². The third-order valence-electron chi connectivity index (χ3n) is 2.80. The van der Waals surface area contributed by atoms with Crippen LogP contribution in [0.5, 0.6) is 5.75 Å². The standard InChI is InChI=1S/C13H13NO2/c1-9-2-3-12-11(6-9)14-7-13(16-12)10-4-5-15-8-10/h2-6,8,13-14H,7H2,1H3. The molecule has 3 heteroatoms. The lowest BCUT2D eigenvalue weighted by atomic mass is 10.1. The maximum Gasteiger partial charge on any atom is 0.144 e. The highest BCUT2D eigenvalue weighted by Gasteiger charge is 2.21. The summed E-state index contributed by atoms with van der Waals surface area (Å²) in [5.41, 5.74) is 3.37. The van der Waals surface area contributed by atoms with Crippen molar-refractivity contribution >= 4 is 5.69 Å². The number of hydrogen-bond acceptors (Lipinski definition) is 3. The predicted octanol–water partition coefficient (Wildman–Crippen LogP) is 3.13. The molecular weight excluding hydrogens is 202 g/mol. The highest BCUT2D eigenvalue weighted by atomic mass is 16.5. The summed E-state index contributed by atoms with van der Waals surface area (Å²) >= 11 is 0. The third-order valence-corrected chi connectivity index (χ3v) is 2.80. The molecule has 16 heavy (non-hydrogen) atoms. The van der Waals surface area contributed by atoms with Crippen molar-refractivity contribution in [2.45, 2.75) is 13.0 Å². The topological polar surface area (TPSA) is 34.4 Å². The molecule has 2 heterocycles. The molecule has 0 spiro atoms. The van der Waals surface area contributed by atoms with Gasteiger partial charge in [-0.2, -0.15) is 0 Å². The van der Waals surface area contributed by atoms with Gasteiger partial charge in [-0.15, -0.1) is 0 Å². The molecule has 1 atom stereocenters. The maximum absolute atomic E-state index is 5.91. The highest BCUT2D eigenvalue weighted by molar-refractivity contribution is 5.59. The zero-order valence-electron chi connectivity index (χ0n) is 9.07. The fourth-order valence-electron chi connectivity index (χ4n) is 1.93. The third kappa shape index (κ3) is 1.54. The number of benzene rings is 1. The first kappa shape index (κ1) is 9.33. The Hall–Kier alpha value is -1.90. The summed E-state index contributed by atoms with van der Waals surface area (Å²) in [6.07, 6.45) is 3.43. The zero-order valence-corrected chi connectivity index (χ0v) is 9.07. The summed E-state index contributed by atoms with van der Waals surface area (Å²) in [7, 11) is 0. The summed E-state index contributed by atoms with van der Waals surface area (Å²) in [5.74, 6) is 0.906. The van der Waals surface area contributed by atoms with Gasteiger partial charge in [-0.05, 0) is 30.7 Å². The van der Waals surface area contributed by atoms with Crippen LogP contribution >= 0.6 is 0 Å². The van der Waals surface area contributed by atoms with Gasteiger partial charge in [-0.25, -0.2) is 0 Å². The van der Waals surface area contributed by atoms with Crippen molar-refractivity contribution in [1.82, 2.24) is 0 Å². The van der Waals surface area contributed by atoms with Gasteiger partial charge in [0.25, 0.3) is 0 Å². The van der Waals surface area contributed by atoms with Gasteiger partial charge >= 0.3 is 0 Å². The Morgan fingerprint density at radius 2 is 2.25 bits per heavy atom. The molecule has 0 aliphatic carbocycles. The Balaban J connectivity index is 1.89. The molecule has 0 saturated carbocycles. The Morgan fingerprint density at radius 3 is 3.06 bits per heavy atom. The second kappa shape index (κ2) is 3.59. The summed E-state index contributed by atoms with van der Waals surface area (Å²) in [6.45, 7) is 2.85. The van der Waals surface area contributed by atoms with E-state index >= 15 is 0 Å². The normalized spacial score (nSPS) is 18.4. The minimum atomic E-state index is 0.0361. The van der Waals surface area contributed by atoms with Crippen LogP contribution < -0.4 is 10.1 Å². The molecule has 3 rings (SSSR count). The first-order valence-electron chi connectivity index (χ1n) is 5.36. The monoisotopic (exact) mass is 215 g/mol. The minimum Gasteiger partial charge on any atom is -0.482 e. The van der Waals surface area contributed by atoms with Crippen LogP contribution in [0.2, 0.25) is 0 Å². The van der Waals surface area contributed by atoms with Crippen LogP contribution in [-0.2, 0) is 0 Å². The SMILES string of the molecule is Cc1ccc2c(c1)NCC(c1ccoc1)O2. The maximum atomic E-state index is 5.91. The molecule has 1 N–H and O–H groups in total. The molecule has 0 radical (unpaired) electrons. The summed E-state index contributed by atoms with van der Waals surface area (Å²) < 4.78 is 11.0. The van der Waals surface area contributed by atoms with Crippen molar-refractivity contribution < 1.29 is 9.15 Å². The summed E-state index contributed by atoms with van der Waals surface area (Å²) in [4.78, 5) is 0. The molecule has 1 aromatic heterocycles. The van der Waals surface area contributed by atoms with Gasteiger partial charge < -0.3 is 14.5 Å². The fraction of sp³-hybridized carbons (Fsp3) is 0.231. The average molecular weight is 215 g/mol. The van der Waals surface area contributed by atoms with E-state index in [1.165, 1.54) is 5.56 Å². The van der Waals surface area contributed by atoms with E-state index in [4.69, 9.17) is 9.15 Å². The summed E-state index contributed by atoms with van der Waals surface area (Å²) in [6, 6.07) is 8.09. The van der Waals surface area contributed by atoms with E-state index in [1.54, 1.807) is 12.5 Å².